The van der Waals surface area contributed by atoms with E-state index in [-0.39, 0.29) is 11.3 Å². The SMILES string of the molecule is COc1ccc(C(=O)NCC2(C)CCCC2)cc1Br. The number of ether oxygens (including phenoxy) is 1. The first kappa shape index (κ1) is 14.4. The highest BCUT2D eigenvalue weighted by molar-refractivity contribution is 9.10. The highest BCUT2D eigenvalue weighted by Crippen LogP contribution is 2.36. The van der Waals surface area contributed by atoms with E-state index in [1.54, 1.807) is 25.3 Å². The second-order valence-corrected chi connectivity index (χ2v) is 6.40. The predicted molar refractivity (Wildman–Crippen MR) is 79.6 cm³/mol. The molecule has 1 amide bonds. The van der Waals surface area contributed by atoms with Crippen molar-refractivity contribution in [1.82, 2.24) is 5.32 Å². The van der Waals surface area contributed by atoms with Crippen LogP contribution in [0.15, 0.2) is 22.7 Å². The zero-order valence-electron chi connectivity index (χ0n) is 11.5. The lowest BCUT2D eigenvalue weighted by molar-refractivity contribution is 0.0934. The molecule has 1 N–H and O–H groups in total. The van der Waals surface area contributed by atoms with Crippen LogP contribution in [0.25, 0.3) is 0 Å². The van der Waals surface area contributed by atoms with Gasteiger partial charge in [-0.3, -0.25) is 4.79 Å². The zero-order valence-corrected chi connectivity index (χ0v) is 13.0. The molecule has 1 aromatic carbocycles. The quantitative estimate of drug-likeness (QED) is 0.915. The fraction of sp³-hybridized carbons (Fsp3) is 0.533. The van der Waals surface area contributed by atoms with Gasteiger partial charge < -0.3 is 10.1 Å². The van der Waals surface area contributed by atoms with Crippen LogP contribution in [0, 0.1) is 5.41 Å². The third-order valence-corrected chi connectivity index (χ3v) is 4.52. The number of methoxy groups -OCH3 is 1. The number of nitrogens with one attached hydrogen (secondary N) is 1. The Balaban J connectivity index is 1.98. The summed E-state index contributed by atoms with van der Waals surface area (Å²) in [6.07, 6.45) is 4.97. The first-order valence-electron chi connectivity index (χ1n) is 6.66. The van der Waals surface area contributed by atoms with Crippen molar-refractivity contribution in [3.8, 4) is 5.75 Å². The minimum Gasteiger partial charge on any atom is -0.496 e. The van der Waals surface area contributed by atoms with Gasteiger partial charge in [-0.2, -0.15) is 0 Å². The van der Waals surface area contributed by atoms with Gasteiger partial charge in [0.1, 0.15) is 5.75 Å². The average molecular weight is 326 g/mol. The van der Waals surface area contributed by atoms with E-state index < -0.39 is 0 Å². The van der Waals surface area contributed by atoms with Crippen molar-refractivity contribution in [1.29, 1.82) is 0 Å². The Hall–Kier alpha value is -1.03. The molecule has 0 spiro atoms. The van der Waals surface area contributed by atoms with Crippen LogP contribution in [-0.2, 0) is 0 Å². The molecule has 1 fully saturated rings. The molecule has 104 valence electrons. The molecule has 0 unspecified atom stereocenters. The maximum absolute atomic E-state index is 12.1. The van der Waals surface area contributed by atoms with Crippen LogP contribution in [0.4, 0.5) is 0 Å². The van der Waals surface area contributed by atoms with Gasteiger partial charge in [0.15, 0.2) is 0 Å². The van der Waals surface area contributed by atoms with Crippen molar-refractivity contribution >= 4 is 21.8 Å². The van der Waals surface area contributed by atoms with Crippen LogP contribution in [0.1, 0.15) is 43.0 Å². The Morgan fingerprint density at radius 2 is 2.11 bits per heavy atom. The summed E-state index contributed by atoms with van der Waals surface area (Å²) in [6, 6.07) is 5.39. The molecule has 0 radical (unpaired) electrons. The maximum Gasteiger partial charge on any atom is 0.251 e. The molecule has 0 aromatic heterocycles. The van der Waals surface area contributed by atoms with Crippen LogP contribution < -0.4 is 10.1 Å². The standard InChI is InChI=1S/C15H20BrNO2/c1-15(7-3-4-8-15)10-17-14(18)11-5-6-13(19-2)12(16)9-11/h5-6,9H,3-4,7-8,10H2,1-2H3,(H,17,18). The maximum atomic E-state index is 12.1. The molecule has 0 aliphatic heterocycles. The molecule has 1 aromatic rings. The van der Waals surface area contributed by atoms with Crippen molar-refractivity contribution in [2.45, 2.75) is 32.6 Å². The highest BCUT2D eigenvalue weighted by Gasteiger charge is 2.28. The van der Waals surface area contributed by atoms with E-state index in [1.165, 1.54) is 25.7 Å². The Morgan fingerprint density at radius 3 is 2.68 bits per heavy atom. The van der Waals surface area contributed by atoms with Gasteiger partial charge >= 0.3 is 0 Å². The molecule has 1 saturated carbocycles. The van der Waals surface area contributed by atoms with Gasteiger partial charge in [0.2, 0.25) is 0 Å². The first-order chi connectivity index (χ1) is 9.04. The van der Waals surface area contributed by atoms with Crippen molar-refractivity contribution in [2.24, 2.45) is 5.41 Å². The topological polar surface area (TPSA) is 38.3 Å². The molecular weight excluding hydrogens is 306 g/mol. The summed E-state index contributed by atoms with van der Waals surface area (Å²) < 4.78 is 5.96. The number of hydrogen-bond donors (Lipinski definition) is 1. The lowest BCUT2D eigenvalue weighted by Crippen LogP contribution is -2.34. The van der Waals surface area contributed by atoms with Crippen LogP contribution in [0.5, 0.6) is 5.75 Å². The number of carbonyl (C=O) groups is 1. The Kier molecular flexibility index (Phi) is 4.50. The Morgan fingerprint density at radius 1 is 1.42 bits per heavy atom. The lowest BCUT2D eigenvalue weighted by atomic mass is 9.89. The van der Waals surface area contributed by atoms with Crippen molar-refractivity contribution in [3.63, 3.8) is 0 Å². The monoisotopic (exact) mass is 325 g/mol. The number of hydrogen-bond acceptors (Lipinski definition) is 2. The summed E-state index contributed by atoms with van der Waals surface area (Å²) in [5, 5.41) is 3.05. The number of rotatable bonds is 4. The average Bonchev–Trinajstić information content (AvgIpc) is 2.83. The van der Waals surface area contributed by atoms with Crippen LogP contribution in [-0.4, -0.2) is 19.6 Å². The van der Waals surface area contributed by atoms with Crippen molar-refractivity contribution in [3.05, 3.63) is 28.2 Å². The summed E-state index contributed by atoms with van der Waals surface area (Å²) in [7, 11) is 1.61. The normalized spacial score (nSPS) is 17.2. The summed E-state index contributed by atoms with van der Waals surface area (Å²) in [5.41, 5.74) is 0.939. The van der Waals surface area contributed by atoms with Crippen molar-refractivity contribution in [2.75, 3.05) is 13.7 Å². The van der Waals surface area contributed by atoms with Gasteiger partial charge in [-0.15, -0.1) is 0 Å². The first-order valence-corrected chi connectivity index (χ1v) is 7.45. The van der Waals surface area contributed by atoms with Crippen molar-refractivity contribution < 1.29 is 9.53 Å². The molecule has 3 nitrogen and oxygen atoms in total. The molecular formula is C15H20BrNO2. The molecule has 0 atom stereocenters. The smallest absolute Gasteiger partial charge is 0.251 e. The molecule has 1 aliphatic rings. The van der Waals surface area contributed by atoms with Crippen LogP contribution in [0.2, 0.25) is 0 Å². The molecule has 0 heterocycles. The minimum absolute atomic E-state index is 0.0171. The van der Waals surface area contributed by atoms with Gasteiger partial charge in [-0.1, -0.05) is 19.8 Å². The van der Waals surface area contributed by atoms with E-state index in [4.69, 9.17) is 4.74 Å². The fourth-order valence-electron chi connectivity index (χ4n) is 2.61. The van der Waals surface area contributed by atoms with E-state index >= 15 is 0 Å². The Bertz CT molecular complexity index is 467. The number of amides is 1. The van der Waals surface area contributed by atoms with E-state index in [9.17, 15) is 4.79 Å². The third-order valence-electron chi connectivity index (χ3n) is 3.90. The Labute approximate surface area is 122 Å². The summed E-state index contributed by atoms with van der Waals surface area (Å²) in [6.45, 7) is 3.01. The van der Waals surface area contributed by atoms with Gasteiger partial charge in [0, 0.05) is 12.1 Å². The third kappa shape index (κ3) is 3.50. The second-order valence-electron chi connectivity index (χ2n) is 5.55. The number of benzene rings is 1. The van der Waals surface area contributed by atoms with E-state index in [0.717, 1.165) is 16.8 Å². The minimum atomic E-state index is -0.0171. The van der Waals surface area contributed by atoms with Crippen LogP contribution >= 0.6 is 15.9 Å². The molecule has 0 saturated heterocycles. The van der Waals surface area contributed by atoms with Crippen LogP contribution in [0.3, 0.4) is 0 Å². The van der Waals surface area contributed by atoms with E-state index in [2.05, 4.69) is 28.2 Å². The van der Waals surface area contributed by atoms with Gasteiger partial charge in [0.25, 0.3) is 5.91 Å². The molecule has 0 bridgehead atoms. The van der Waals surface area contributed by atoms with Gasteiger partial charge in [-0.25, -0.2) is 0 Å². The fourth-order valence-corrected chi connectivity index (χ4v) is 3.15. The van der Waals surface area contributed by atoms with E-state index in [1.807, 2.05) is 0 Å². The van der Waals surface area contributed by atoms with Gasteiger partial charge in [0.05, 0.1) is 11.6 Å². The summed E-state index contributed by atoms with van der Waals surface area (Å²) >= 11 is 3.40. The zero-order chi connectivity index (χ0) is 13.9. The lowest BCUT2D eigenvalue weighted by Gasteiger charge is -2.23. The summed E-state index contributed by atoms with van der Waals surface area (Å²) in [5.74, 6) is 0.718. The molecule has 4 heteroatoms. The predicted octanol–water partition coefficient (Wildman–Crippen LogP) is 3.77. The number of halogens is 1. The number of carbonyl (C=O) groups excluding carboxylic acids is 1. The molecule has 1 aliphatic carbocycles. The largest absolute Gasteiger partial charge is 0.496 e. The highest BCUT2D eigenvalue weighted by atomic mass is 79.9. The van der Waals surface area contributed by atoms with Gasteiger partial charge in [-0.05, 0) is 52.4 Å². The molecule has 19 heavy (non-hydrogen) atoms. The summed E-state index contributed by atoms with van der Waals surface area (Å²) in [4.78, 5) is 12.1. The molecule has 2 rings (SSSR count). The second kappa shape index (κ2) is 5.95. The van der Waals surface area contributed by atoms with E-state index in [0.29, 0.717) is 5.56 Å².